The monoisotopic (exact) mass is 406 g/mol. The van der Waals surface area contributed by atoms with Crippen LogP contribution < -0.4 is 0 Å². The SMILES string of the molecule is CC1(C)CCC(C)(C)c2cc(C3=CC4(CC4)C(C4CCCN(CCO)C4)=N3)ccc21. The zero-order valence-corrected chi connectivity index (χ0v) is 19.3. The van der Waals surface area contributed by atoms with Gasteiger partial charge in [-0.2, -0.15) is 0 Å². The summed E-state index contributed by atoms with van der Waals surface area (Å²) in [6.45, 7) is 12.8. The summed E-state index contributed by atoms with van der Waals surface area (Å²) < 4.78 is 0. The Kier molecular flexibility index (Phi) is 4.79. The summed E-state index contributed by atoms with van der Waals surface area (Å²) in [7, 11) is 0. The highest BCUT2D eigenvalue weighted by Gasteiger charge is 2.51. The van der Waals surface area contributed by atoms with Gasteiger partial charge in [-0.3, -0.25) is 4.99 Å². The number of fused-ring (bicyclic) bond motifs is 1. The number of allylic oxidation sites excluding steroid dienone is 1. The Morgan fingerprint density at radius 1 is 1.03 bits per heavy atom. The molecule has 2 aliphatic carbocycles. The van der Waals surface area contributed by atoms with E-state index in [1.54, 1.807) is 0 Å². The Balaban J connectivity index is 1.47. The van der Waals surface area contributed by atoms with E-state index in [2.05, 4.69) is 56.9 Å². The number of hydrogen-bond donors (Lipinski definition) is 1. The maximum Gasteiger partial charge on any atom is 0.0671 e. The average molecular weight is 407 g/mol. The summed E-state index contributed by atoms with van der Waals surface area (Å²) in [5.41, 5.74) is 7.75. The molecule has 1 aromatic carbocycles. The number of rotatable bonds is 4. The van der Waals surface area contributed by atoms with Crippen molar-refractivity contribution in [2.75, 3.05) is 26.2 Å². The molecule has 1 unspecified atom stereocenters. The number of aliphatic imine (C=N–C) groups is 1. The number of β-amino-alcohol motifs (C(OH)–C–C–N with tert-alkyl or cyclic N) is 1. The largest absolute Gasteiger partial charge is 0.395 e. The van der Waals surface area contributed by atoms with Crippen LogP contribution in [0, 0.1) is 11.3 Å². The van der Waals surface area contributed by atoms with Crippen LogP contribution in [0.2, 0.25) is 0 Å². The van der Waals surface area contributed by atoms with E-state index in [9.17, 15) is 5.11 Å². The molecule has 0 amide bonds. The van der Waals surface area contributed by atoms with E-state index in [4.69, 9.17) is 4.99 Å². The minimum atomic E-state index is 0.234. The Morgan fingerprint density at radius 2 is 1.77 bits per heavy atom. The minimum absolute atomic E-state index is 0.234. The lowest BCUT2D eigenvalue weighted by atomic mass is 9.63. The molecule has 30 heavy (non-hydrogen) atoms. The first kappa shape index (κ1) is 20.5. The summed E-state index contributed by atoms with van der Waals surface area (Å²) in [4.78, 5) is 7.74. The third-order valence-corrected chi connectivity index (χ3v) is 8.41. The molecule has 1 N–H and O–H groups in total. The van der Waals surface area contributed by atoms with Crippen LogP contribution in [-0.4, -0.2) is 42.0 Å². The van der Waals surface area contributed by atoms with Gasteiger partial charge in [0.1, 0.15) is 0 Å². The van der Waals surface area contributed by atoms with Crippen LogP contribution in [0.25, 0.3) is 5.70 Å². The lowest BCUT2D eigenvalue weighted by Crippen LogP contribution is -2.41. The average Bonchev–Trinajstić information content (AvgIpc) is 3.38. The topological polar surface area (TPSA) is 35.8 Å². The molecule has 1 saturated carbocycles. The molecule has 1 atom stereocenters. The highest BCUT2D eigenvalue weighted by Crippen LogP contribution is 2.56. The fraction of sp³-hybridized carbons (Fsp3) is 0.667. The molecule has 4 aliphatic rings. The van der Waals surface area contributed by atoms with E-state index in [-0.39, 0.29) is 22.9 Å². The summed E-state index contributed by atoms with van der Waals surface area (Å²) in [5, 5.41) is 9.37. The number of benzene rings is 1. The fourth-order valence-corrected chi connectivity index (χ4v) is 6.16. The third kappa shape index (κ3) is 3.39. The predicted octanol–water partition coefficient (Wildman–Crippen LogP) is 5.32. The highest BCUT2D eigenvalue weighted by atomic mass is 16.3. The summed E-state index contributed by atoms with van der Waals surface area (Å²) in [6, 6.07) is 7.18. The van der Waals surface area contributed by atoms with Crippen molar-refractivity contribution in [3.8, 4) is 0 Å². The van der Waals surface area contributed by atoms with Gasteiger partial charge in [-0.05, 0) is 79.2 Å². The lowest BCUT2D eigenvalue weighted by Gasteiger charge is -2.42. The molecule has 2 aliphatic heterocycles. The number of aliphatic hydroxyl groups excluding tert-OH is 1. The number of nitrogens with zero attached hydrogens (tertiary/aromatic N) is 2. The van der Waals surface area contributed by atoms with E-state index in [0.29, 0.717) is 5.92 Å². The smallest absolute Gasteiger partial charge is 0.0671 e. The second kappa shape index (κ2) is 7.03. The van der Waals surface area contributed by atoms with Crippen molar-refractivity contribution in [1.29, 1.82) is 0 Å². The van der Waals surface area contributed by atoms with Gasteiger partial charge in [-0.1, -0.05) is 39.8 Å². The zero-order chi connectivity index (χ0) is 21.1. The quantitative estimate of drug-likeness (QED) is 0.735. The molecule has 1 saturated heterocycles. The van der Waals surface area contributed by atoms with Crippen molar-refractivity contribution in [2.24, 2.45) is 16.3 Å². The van der Waals surface area contributed by atoms with Crippen LogP contribution in [0.3, 0.4) is 0 Å². The first-order chi connectivity index (χ1) is 14.2. The van der Waals surface area contributed by atoms with Crippen molar-refractivity contribution in [3.05, 3.63) is 41.0 Å². The Morgan fingerprint density at radius 3 is 2.47 bits per heavy atom. The first-order valence-corrected chi connectivity index (χ1v) is 12.0. The molecule has 1 spiro atoms. The summed E-state index contributed by atoms with van der Waals surface area (Å²) in [5.74, 6) is 0.551. The van der Waals surface area contributed by atoms with E-state index >= 15 is 0 Å². The van der Waals surface area contributed by atoms with Gasteiger partial charge < -0.3 is 10.0 Å². The van der Waals surface area contributed by atoms with E-state index in [1.165, 1.54) is 66.6 Å². The van der Waals surface area contributed by atoms with Gasteiger partial charge in [0.15, 0.2) is 0 Å². The molecule has 2 heterocycles. The van der Waals surface area contributed by atoms with Gasteiger partial charge >= 0.3 is 0 Å². The Labute approximate surface area is 182 Å². The van der Waals surface area contributed by atoms with E-state index < -0.39 is 0 Å². The predicted molar refractivity (Wildman–Crippen MR) is 125 cm³/mol. The van der Waals surface area contributed by atoms with Crippen molar-refractivity contribution >= 4 is 11.4 Å². The van der Waals surface area contributed by atoms with Gasteiger partial charge in [-0.25, -0.2) is 0 Å². The first-order valence-electron chi connectivity index (χ1n) is 12.0. The van der Waals surface area contributed by atoms with Gasteiger partial charge in [0.2, 0.25) is 0 Å². The standard InChI is InChI=1S/C27H38N2O/c1-25(2)9-10-26(3,4)22-16-19(7-8-21(22)25)23-17-27(11-12-27)24(28-23)20-6-5-13-29(18-20)14-15-30/h7-8,16-17,20,30H,5-6,9-15,18H2,1-4H3. The lowest BCUT2D eigenvalue weighted by molar-refractivity contribution is 0.158. The molecule has 0 radical (unpaired) electrons. The second-order valence-electron chi connectivity index (χ2n) is 11.6. The number of likely N-dealkylation sites (tertiary alicyclic amines) is 1. The van der Waals surface area contributed by atoms with Gasteiger partial charge in [0.25, 0.3) is 0 Å². The van der Waals surface area contributed by atoms with Crippen LogP contribution >= 0.6 is 0 Å². The normalized spacial score (nSPS) is 28.8. The summed E-state index contributed by atoms with van der Waals surface area (Å²) >= 11 is 0. The molecule has 2 fully saturated rings. The highest BCUT2D eigenvalue weighted by molar-refractivity contribution is 6.04. The molecular formula is C27H38N2O. The molecule has 3 nitrogen and oxygen atoms in total. The molecule has 5 rings (SSSR count). The van der Waals surface area contributed by atoms with Crippen LogP contribution in [0.4, 0.5) is 0 Å². The second-order valence-corrected chi connectivity index (χ2v) is 11.6. The van der Waals surface area contributed by atoms with Crippen molar-refractivity contribution in [2.45, 2.75) is 77.0 Å². The van der Waals surface area contributed by atoms with Gasteiger partial charge in [0.05, 0.1) is 12.3 Å². The fourth-order valence-electron chi connectivity index (χ4n) is 6.16. The van der Waals surface area contributed by atoms with Crippen molar-refractivity contribution in [3.63, 3.8) is 0 Å². The number of piperidine rings is 1. The number of aliphatic hydroxyl groups is 1. The molecule has 3 heteroatoms. The third-order valence-electron chi connectivity index (χ3n) is 8.41. The van der Waals surface area contributed by atoms with Gasteiger partial charge in [-0.15, -0.1) is 0 Å². The van der Waals surface area contributed by atoms with Gasteiger partial charge in [0, 0.05) is 35.7 Å². The van der Waals surface area contributed by atoms with Crippen LogP contribution in [-0.2, 0) is 10.8 Å². The number of hydrogen-bond acceptors (Lipinski definition) is 3. The van der Waals surface area contributed by atoms with Crippen LogP contribution in [0.1, 0.15) is 82.9 Å². The van der Waals surface area contributed by atoms with Crippen LogP contribution in [0.15, 0.2) is 29.3 Å². The van der Waals surface area contributed by atoms with E-state index in [0.717, 1.165) is 19.6 Å². The summed E-state index contributed by atoms with van der Waals surface area (Å²) in [6.07, 6.45) is 9.98. The zero-order valence-electron chi connectivity index (χ0n) is 19.3. The molecular weight excluding hydrogens is 368 g/mol. The molecule has 0 bridgehead atoms. The minimum Gasteiger partial charge on any atom is -0.395 e. The van der Waals surface area contributed by atoms with E-state index in [1.807, 2.05) is 0 Å². The van der Waals surface area contributed by atoms with Crippen molar-refractivity contribution in [1.82, 2.24) is 4.90 Å². The molecule has 0 aromatic heterocycles. The maximum absolute atomic E-state index is 9.37. The van der Waals surface area contributed by atoms with Crippen molar-refractivity contribution < 1.29 is 5.11 Å². The maximum atomic E-state index is 9.37. The van der Waals surface area contributed by atoms with Crippen LogP contribution in [0.5, 0.6) is 0 Å². The molecule has 162 valence electrons. The molecule has 1 aromatic rings. The Bertz CT molecular complexity index is 901. The Hall–Kier alpha value is -1.45.